The molecule has 0 aromatic carbocycles. The van der Waals surface area contributed by atoms with E-state index in [0.29, 0.717) is 5.70 Å². The summed E-state index contributed by atoms with van der Waals surface area (Å²) in [5.41, 5.74) is 6.72. The van der Waals surface area contributed by atoms with Crippen molar-refractivity contribution in [2.75, 3.05) is 0 Å². The van der Waals surface area contributed by atoms with Crippen LogP contribution in [0.3, 0.4) is 0 Å². The first kappa shape index (κ1) is 8.90. The van der Waals surface area contributed by atoms with Crippen molar-refractivity contribution in [3.05, 3.63) is 48.3 Å². The van der Waals surface area contributed by atoms with Gasteiger partial charge in [0.1, 0.15) is 0 Å². The number of nitrogens with zero attached hydrogens (tertiary/aromatic N) is 1. The van der Waals surface area contributed by atoms with Gasteiger partial charge in [0.2, 0.25) is 0 Å². The molecule has 0 bridgehead atoms. The van der Waals surface area contributed by atoms with E-state index in [-0.39, 0.29) is 0 Å². The first-order chi connectivity index (χ1) is 6.67. The lowest BCUT2D eigenvalue weighted by atomic mass is 10.1. The van der Waals surface area contributed by atoms with Gasteiger partial charge in [-0.05, 0) is 24.3 Å². The van der Waals surface area contributed by atoms with Crippen LogP contribution in [0.25, 0.3) is 5.70 Å². The van der Waals surface area contributed by atoms with E-state index in [2.05, 4.69) is 10.3 Å². The molecule has 0 amide bonds. The molecule has 1 aliphatic rings. The van der Waals surface area contributed by atoms with Crippen molar-refractivity contribution >= 4 is 5.70 Å². The van der Waals surface area contributed by atoms with Crippen LogP contribution in [0, 0.1) is 0 Å². The van der Waals surface area contributed by atoms with Crippen molar-refractivity contribution in [2.45, 2.75) is 5.92 Å². The number of nitrogens with one attached hydrogen (secondary N) is 1. The van der Waals surface area contributed by atoms with Crippen molar-refractivity contribution in [2.24, 2.45) is 5.73 Å². The fraction of sp³-hybridized carbons (Fsp3) is 0.100. The Morgan fingerprint density at radius 2 is 2.36 bits per heavy atom. The summed E-state index contributed by atoms with van der Waals surface area (Å²) in [6.07, 6.45) is 7.90. The summed E-state index contributed by atoms with van der Waals surface area (Å²) in [5.74, 6) is -1.97. The minimum atomic E-state index is -1.97. The molecule has 0 spiro atoms. The van der Waals surface area contributed by atoms with Crippen LogP contribution in [0.5, 0.6) is 0 Å². The maximum Gasteiger partial charge on any atom is 0.252 e. The van der Waals surface area contributed by atoms with Crippen molar-refractivity contribution in [1.82, 2.24) is 10.3 Å². The second-order valence-electron chi connectivity index (χ2n) is 3.07. The lowest BCUT2D eigenvalue weighted by Crippen LogP contribution is -2.47. The van der Waals surface area contributed by atoms with E-state index < -0.39 is 5.92 Å². The number of hydrogen-bond donors (Lipinski definition) is 2. The van der Waals surface area contributed by atoms with E-state index in [9.17, 15) is 4.39 Å². The molecule has 0 aliphatic carbocycles. The molecular formula is C10H10FN3. The van der Waals surface area contributed by atoms with Crippen molar-refractivity contribution in [3.63, 3.8) is 0 Å². The average molecular weight is 191 g/mol. The predicted molar refractivity (Wildman–Crippen MR) is 52.5 cm³/mol. The van der Waals surface area contributed by atoms with Gasteiger partial charge in [-0.1, -0.05) is 6.08 Å². The molecule has 14 heavy (non-hydrogen) atoms. The van der Waals surface area contributed by atoms with Gasteiger partial charge in [0.05, 0.1) is 0 Å². The molecule has 2 heterocycles. The number of allylic oxidation sites excluding steroid dienone is 2. The van der Waals surface area contributed by atoms with Crippen LogP contribution in [0.15, 0.2) is 42.8 Å². The minimum absolute atomic E-state index is 0.630. The van der Waals surface area contributed by atoms with Gasteiger partial charge in [0, 0.05) is 23.7 Å². The highest BCUT2D eigenvalue weighted by molar-refractivity contribution is 5.66. The zero-order valence-corrected chi connectivity index (χ0v) is 7.44. The van der Waals surface area contributed by atoms with Crippen molar-refractivity contribution < 1.29 is 4.39 Å². The number of rotatable bonds is 1. The monoisotopic (exact) mass is 191 g/mol. The molecule has 0 fully saturated rings. The number of nitrogens with two attached hydrogens (primary N) is 1. The summed E-state index contributed by atoms with van der Waals surface area (Å²) < 4.78 is 13.3. The van der Waals surface area contributed by atoms with Crippen molar-refractivity contribution in [3.8, 4) is 0 Å². The summed E-state index contributed by atoms with van der Waals surface area (Å²) in [6, 6.07) is 3.62. The third-order valence-corrected chi connectivity index (χ3v) is 1.90. The summed E-state index contributed by atoms with van der Waals surface area (Å²) in [7, 11) is 0. The molecule has 0 radical (unpaired) electrons. The smallest absolute Gasteiger partial charge is 0.252 e. The summed E-state index contributed by atoms with van der Waals surface area (Å²) in [4.78, 5) is 3.94. The lowest BCUT2D eigenvalue weighted by molar-refractivity contribution is 0.212. The Labute approximate surface area is 81.1 Å². The van der Waals surface area contributed by atoms with E-state index in [4.69, 9.17) is 5.73 Å². The average Bonchev–Trinajstić information content (AvgIpc) is 2.18. The van der Waals surface area contributed by atoms with Gasteiger partial charge in [-0.15, -0.1) is 0 Å². The molecule has 1 unspecified atom stereocenters. The minimum Gasteiger partial charge on any atom is -0.337 e. The lowest BCUT2D eigenvalue weighted by Gasteiger charge is -2.24. The Morgan fingerprint density at radius 3 is 3.00 bits per heavy atom. The van der Waals surface area contributed by atoms with Crippen LogP contribution >= 0.6 is 0 Å². The Balaban J connectivity index is 2.30. The molecule has 3 N–H and O–H groups in total. The van der Waals surface area contributed by atoms with Crippen LogP contribution in [0.1, 0.15) is 5.56 Å². The maximum atomic E-state index is 13.3. The van der Waals surface area contributed by atoms with Gasteiger partial charge in [0.25, 0.3) is 5.92 Å². The Hall–Kier alpha value is -1.68. The SMILES string of the molecule is NC1(F)C=CC=C(c2cccnc2)N1. The second kappa shape index (κ2) is 3.23. The van der Waals surface area contributed by atoms with Crippen LogP contribution in [-0.4, -0.2) is 10.9 Å². The van der Waals surface area contributed by atoms with Gasteiger partial charge in [-0.2, -0.15) is 4.39 Å². The molecule has 0 saturated carbocycles. The van der Waals surface area contributed by atoms with Crippen LogP contribution < -0.4 is 11.1 Å². The van der Waals surface area contributed by atoms with Gasteiger partial charge in [-0.3, -0.25) is 10.7 Å². The topological polar surface area (TPSA) is 50.9 Å². The zero-order valence-electron chi connectivity index (χ0n) is 7.44. The molecule has 2 rings (SSSR count). The first-order valence-electron chi connectivity index (χ1n) is 4.23. The van der Waals surface area contributed by atoms with Crippen LogP contribution in [0.2, 0.25) is 0 Å². The zero-order chi connectivity index (χ0) is 10.0. The third kappa shape index (κ3) is 1.80. The summed E-state index contributed by atoms with van der Waals surface area (Å²) in [5, 5.41) is 2.55. The number of halogens is 1. The van der Waals surface area contributed by atoms with E-state index in [1.54, 1.807) is 30.6 Å². The molecule has 0 saturated heterocycles. The highest BCUT2D eigenvalue weighted by Gasteiger charge is 2.22. The number of alkyl halides is 1. The molecule has 4 heteroatoms. The molecule has 1 aliphatic heterocycles. The molecule has 3 nitrogen and oxygen atoms in total. The highest BCUT2D eigenvalue weighted by atomic mass is 19.1. The van der Waals surface area contributed by atoms with Crippen LogP contribution in [-0.2, 0) is 0 Å². The largest absolute Gasteiger partial charge is 0.337 e. The highest BCUT2D eigenvalue weighted by Crippen LogP contribution is 2.17. The summed E-state index contributed by atoms with van der Waals surface area (Å²) in [6.45, 7) is 0. The second-order valence-corrected chi connectivity index (χ2v) is 3.07. The third-order valence-electron chi connectivity index (χ3n) is 1.90. The molecule has 72 valence electrons. The van der Waals surface area contributed by atoms with Gasteiger partial charge in [0.15, 0.2) is 0 Å². The van der Waals surface area contributed by atoms with E-state index >= 15 is 0 Å². The number of dihydropyridines is 1. The van der Waals surface area contributed by atoms with E-state index in [1.165, 1.54) is 6.08 Å². The maximum absolute atomic E-state index is 13.3. The Kier molecular flexibility index (Phi) is 2.05. The van der Waals surface area contributed by atoms with Gasteiger partial charge in [-0.25, -0.2) is 0 Å². The van der Waals surface area contributed by atoms with E-state index in [1.807, 2.05) is 6.07 Å². The molecule has 1 atom stereocenters. The van der Waals surface area contributed by atoms with Gasteiger partial charge < -0.3 is 5.32 Å². The normalized spacial score (nSPS) is 25.4. The molecule has 1 aromatic rings. The standard InChI is InChI=1S/C10H10FN3/c11-10(12)5-1-4-9(14-10)8-3-2-6-13-7-8/h1-7,14H,12H2. The fourth-order valence-electron chi connectivity index (χ4n) is 1.26. The Morgan fingerprint density at radius 1 is 1.50 bits per heavy atom. The van der Waals surface area contributed by atoms with E-state index in [0.717, 1.165) is 5.56 Å². The Bertz CT molecular complexity index is 382. The van der Waals surface area contributed by atoms with Crippen molar-refractivity contribution in [1.29, 1.82) is 0 Å². The molecule has 1 aromatic heterocycles. The summed E-state index contributed by atoms with van der Waals surface area (Å²) >= 11 is 0. The number of hydrogen-bond acceptors (Lipinski definition) is 3. The molecular weight excluding hydrogens is 181 g/mol. The first-order valence-corrected chi connectivity index (χ1v) is 4.23. The quantitative estimate of drug-likeness (QED) is 0.655. The van der Waals surface area contributed by atoms with Gasteiger partial charge >= 0.3 is 0 Å². The number of aromatic nitrogens is 1. The number of pyridine rings is 1. The predicted octanol–water partition coefficient (Wildman–Crippen LogP) is 1.16. The fourth-order valence-corrected chi connectivity index (χ4v) is 1.26. The van der Waals surface area contributed by atoms with Crippen LogP contribution in [0.4, 0.5) is 4.39 Å².